The second-order valence-corrected chi connectivity index (χ2v) is 8.02. The molecule has 1 aromatic heterocycles. The zero-order chi connectivity index (χ0) is 20.0. The molecule has 0 aliphatic heterocycles. The van der Waals surface area contributed by atoms with Crippen LogP contribution >= 0.6 is 0 Å². The Bertz CT molecular complexity index is 907. The first kappa shape index (κ1) is 20.0. The first-order valence-corrected chi connectivity index (χ1v) is 9.69. The molecule has 5 nitrogen and oxygen atoms in total. The van der Waals surface area contributed by atoms with Crippen molar-refractivity contribution >= 4 is 16.8 Å². The van der Waals surface area contributed by atoms with Gasteiger partial charge in [0.15, 0.2) is 6.61 Å². The van der Waals surface area contributed by atoms with Gasteiger partial charge in [0, 0.05) is 29.2 Å². The van der Waals surface area contributed by atoms with Crippen LogP contribution in [0.3, 0.4) is 0 Å². The average molecular weight is 380 g/mol. The molecule has 1 amide bonds. The largest absolute Gasteiger partial charge is 0.484 e. The Morgan fingerprint density at radius 3 is 2.57 bits per heavy atom. The van der Waals surface area contributed by atoms with Gasteiger partial charge in [-0.05, 0) is 63.1 Å². The summed E-state index contributed by atoms with van der Waals surface area (Å²) in [5.41, 5.74) is 3.46. The smallest absolute Gasteiger partial charge is 0.258 e. The SMILES string of the molecule is CC(C)(C)NC(=O)COc1ccc(CNCCc2c[nH]c3ccccc23)cc1. The zero-order valence-corrected chi connectivity index (χ0v) is 16.8. The summed E-state index contributed by atoms with van der Waals surface area (Å²) in [4.78, 5) is 15.1. The second-order valence-electron chi connectivity index (χ2n) is 8.02. The molecule has 3 aromatic rings. The highest BCUT2D eigenvalue weighted by molar-refractivity contribution is 5.83. The Labute approximate surface area is 166 Å². The molecule has 148 valence electrons. The predicted octanol–water partition coefficient (Wildman–Crippen LogP) is 3.79. The minimum atomic E-state index is -0.247. The molecule has 2 aromatic carbocycles. The first-order chi connectivity index (χ1) is 13.4. The van der Waals surface area contributed by atoms with E-state index in [0.29, 0.717) is 5.75 Å². The van der Waals surface area contributed by atoms with E-state index in [1.54, 1.807) is 0 Å². The highest BCUT2D eigenvalue weighted by Gasteiger charge is 2.13. The van der Waals surface area contributed by atoms with Crippen LogP contribution in [0, 0.1) is 0 Å². The van der Waals surface area contributed by atoms with Gasteiger partial charge in [0.2, 0.25) is 0 Å². The van der Waals surface area contributed by atoms with Crippen LogP contribution in [-0.4, -0.2) is 29.6 Å². The lowest BCUT2D eigenvalue weighted by Gasteiger charge is -2.20. The number of para-hydroxylation sites is 1. The van der Waals surface area contributed by atoms with E-state index in [2.05, 4.69) is 40.0 Å². The number of fused-ring (bicyclic) bond motifs is 1. The van der Waals surface area contributed by atoms with Gasteiger partial charge in [-0.2, -0.15) is 0 Å². The highest BCUT2D eigenvalue weighted by Crippen LogP contribution is 2.18. The van der Waals surface area contributed by atoms with Crippen molar-refractivity contribution in [3.05, 3.63) is 65.9 Å². The Balaban J connectivity index is 1.40. The number of amides is 1. The van der Waals surface area contributed by atoms with E-state index in [4.69, 9.17) is 4.74 Å². The molecule has 3 rings (SSSR count). The van der Waals surface area contributed by atoms with Crippen molar-refractivity contribution in [3.63, 3.8) is 0 Å². The van der Waals surface area contributed by atoms with Crippen LogP contribution < -0.4 is 15.4 Å². The van der Waals surface area contributed by atoms with Gasteiger partial charge in [-0.1, -0.05) is 30.3 Å². The standard InChI is InChI=1S/C23H29N3O2/c1-23(2,3)26-22(27)16-28-19-10-8-17(9-11-19)14-24-13-12-18-15-25-21-7-5-4-6-20(18)21/h4-11,15,24-25H,12-14,16H2,1-3H3,(H,26,27). The predicted molar refractivity (Wildman–Crippen MR) is 114 cm³/mol. The quantitative estimate of drug-likeness (QED) is 0.522. The number of aromatic amines is 1. The highest BCUT2D eigenvalue weighted by atomic mass is 16.5. The summed E-state index contributed by atoms with van der Waals surface area (Å²) in [6.45, 7) is 7.58. The minimum Gasteiger partial charge on any atom is -0.484 e. The third kappa shape index (κ3) is 5.86. The third-order valence-electron chi connectivity index (χ3n) is 4.38. The van der Waals surface area contributed by atoms with Crippen molar-refractivity contribution in [3.8, 4) is 5.75 Å². The monoisotopic (exact) mass is 379 g/mol. The van der Waals surface area contributed by atoms with Gasteiger partial charge >= 0.3 is 0 Å². The molecule has 5 heteroatoms. The van der Waals surface area contributed by atoms with E-state index in [1.165, 1.54) is 22.0 Å². The van der Waals surface area contributed by atoms with Gasteiger partial charge in [-0.15, -0.1) is 0 Å². The lowest BCUT2D eigenvalue weighted by molar-refractivity contribution is -0.124. The Hall–Kier alpha value is -2.79. The van der Waals surface area contributed by atoms with E-state index < -0.39 is 0 Å². The molecule has 0 aliphatic rings. The van der Waals surface area contributed by atoms with Crippen LogP contribution in [0.5, 0.6) is 5.75 Å². The Kier molecular flexibility index (Phi) is 6.37. The fourth-order valence-corrected chi connectivity index (χ4v) is 3.10. The molecule has 0 saturated heterocycles. The number of carbonyl (C=O) groups is 1. The molecule has 0 spiro atoms. The maximum Gasteiger partial charge on any atom is 0.258 e. The van der Waals surface area contributed by atoms with Crippen LogP contribution in [0.15, 0.2) is 54.7 Å². The lowest BCUT2D eigenvalue weighted by atomic mass is 10.1. The van der Waals surface area contributed by atoms with E-state index in [1.807, 2.05) is 51.1 Å². The molecule has 0 unspecified atom stereocenters. The molecule has 0 radical (unpaired) electrons. The van der Waals surface area contributed by atoms with Crippen molar-refractivity contribution in [2.75, 3.05) is 13.2 Å². The molecule has 0 aliphatic carbocycles. The van der Waals surface area contributed by atoms with Crippen molar-refractivity contribution in [2.45, 2.75) is 39.3 Å². The maximum absolute atomic E-state index is 11.8. The number of H-pyrrole nitrogens is 1. The molecule has 1 heterocycles. The summed E-state index contributed by atoms with van der Waals surface area (Å²) in [7, 11) is 0. The maximum atomic E-state index is 11.8. The number of nitrogens with one attached hydrogen (secondary N) is 3. The topological polar surface area (TPSA) is 66.2 Å². The van der Waals surface area contributed by atoms with Crippen LogP contribution in [0.25, 0.3) is 10.9 Å². The molecule has 28 heavy (non-hydrogen) atoms. The average Bonchev–Trinajstić information content (AvgIpc) is 3.06. The fourth-order valence-electron chi connectivity index (χ4n) is 3.10. The van der Waals surface area contributed by atoms with Crippen molar-refractivity contribution in [1.29, 1.82) is 0 Å². The van der Waals surface area contributed by atoms with Crippen LogP contribution in [0.2, 0.25) is 0 Å². The molecule has 0 fully saturated rings. The van der Waals surface area contributed by atoms with Crippen LogP contribution in [-0.2, 0) is 17.8 Å². The van der Waals surface area contributed by atoms with E-state index in [9.17, 15) is 4.79 Å². The van der Waals surface area contributed by atoms with Gasteiger partial charge in [-0.3, -0.25) is 4.79 Å². The van der Waals surface area contributed by atoms with Gasteiger partial charge in [0.25, 0.3) is 5.91 Å². The van der Waals surface area contributed by atoms with Crippen molar-refractivity contribution in [1.82, 2.24) is 15.6 Å². The van der Waals surface area contributed by atoms with Crippen molar-refractivity contribution in [2.24, 2.45) is 0 Å². The molecular weight excluding hydrogens is 350 g/mol. The number of benzene rings is 2. The minimum absolute atomic E-state index is 0.0273. The number of rotatable bonds is 8. The summed E-state index contributed by atoms with van der Waals surface area (Å²) in [6.07, 6.45) is 3.07. The van der Waals surface area contributed by atoms with E-state index >= 15 is 0 Å². The summed E-state index contributed by atoms with van der Waals surface area (Å²) >= 11 is 0. The number of ether oxygens (including phenoxy) is 1. The first-order valence-electron chi connectivity index (χ1n) is 9.69. The summed E-state index contributed by atoms with van der Waals surface area (Å²) in [5.74, 6) is 0.585. The van der Waals surface area contributed by atoms with E-state index in [-0.39, 0.29) is 18.1 Å². The van der Waals surface area contributed by atoms with Gasteiger partial charge < -0.3 is 20.4 Å². The fraction of sp³-hybridized carbons (Fsp3) is 0.348. The van der Waals surface area contributed by atoms with Crippen molar-refractivity contribution < 1.29 is 9.53 Å². The Morgan fingerprint density at radius 1 is 1.07 bits per heavy atom. The number of hydrogen-bond donors (Lipinski definition) is 3. The zero-order valence-electron chi connectivity index (χ0n) is 16.8. The van der Waals surface area contributed by atoms with Gasteiger partial charge in [-0.25, -0.2) is 0 Å². The molecular formula is C23H29N3O2. The van der Waals surface area contributed by atoms with Gasteiger partial charge in [0.1, 0.15) is 5.75 Å². The molecule has 0 saturated carbocycles. The normalized spacial score (nSPS) is 11.5. The van der Waals surface area contributed by atoms with Crippen LogP contribution in [0.1, 0.15) is 31.9 Å². The Morgan fingerprint density at radius 2 is 1.82 bits per heavy atom. The summed E-state index contributed by atoms with van der Waals surface area (Å²) in [6, 6.07) is 16.2. The second kappa shape index (κ2) is 8.93. The number of carbonyl (C=O) groups excluding carboxylic acids is 1. The molecule has 3 N–H and O–H groups in total. The summed E-state index contributed by atoms with van der Waals surface area (Å²) in [5, 5.41) is 7.66. The number of aromatic nitrogens is 1. The molecule has 0 atom stereocenters. The lowest BCUT2D eigenvalue weighted by Crippen LogP contribution is -2.43. The number of hydrogen-bond acceptors (Lipinski definition) is 3. The van der Waals surface area contributed by atoms with Gasteiger partial charge in [0.05, 0.1) is 0 Å². The molecule has 0 bridgehead atoms. The summed E-state index contributed by atoms with van der Waals surface area (Å²) < 4.78 is 5.55. The van der Waals surface area contributed by atoms with E-state index in [0.717, 1.165) is 19.5 Å². The van der Waals surface area contributed by atoms with Crippen LogP contribution in [0.4, 0.5) is 0 Å². The third-order valence-corrected chi connectivity index (χ3v) is 4.38.